The highest BCUT2D eigenvalue weighted by Gasteiger charge is 2.25. The van der Waals surface area contributed by atoms with Crippen molar-refractivity contribution in [3.05, 3.63) is 72.4 Å². The second-order valence-electron chi connectivity index (χ2n) is 7.58. The zero-order chi connectivity index (χ0) is 20.8. The fourth-order valence-corrected chi connectivity index (χ4v) is 3.98. The molecule has 1 saturated heterocycles. The number of benzene rings is 1. The molecule has 1 atom stereocenters. The number of aryl methyl sites for hydroxylation is 1. The number of pyridine rings is 1. The van der Waals surface area contributed by atoms with Crippen LogP contribution in [-0.4, -0.2) is 45.0 Å². The van der Waals surface area contributed by atoms with E-state index in [1.807, 2.05) is 64.3 Å². The van der Waals surface area contributed by atoms with E-state index < -0.39 is 0 Å². The summed E-state index contributed by atoms with van der Waals surface area (Å²) in [5, 5.41) is 0. The number of rotatable bonds is 7. The second-order valence-corrected chi connectivity index (χ2v) is 7.58. The molecule has 156 valence electrons. The number of likely N-dealkylation sites (tertiary alicyclic amines) is 1. The summed E-state index contributed by atoms with van der Waals surface area (Å²) in [7, 11) is 0. The van der Waals surface area contributed by atoms with Crippen LogP contribution in [0.2, 0.25) is 0 Å². The van der Waals surface area contributed by atoms with Crippen molar-refractivity contribution in [3.8, 4) is 11.6 Å². The van der Waals surface area contributed by atoms with Crippen molar-refractivity contribution in [3.63, 3.8) is 0 Å². The van der Waals surface area contributed by atoms with Crippen molar-refractivity contribution in [2.24, 2.45) is 0 Å². The Kier molecular flexibility index (Phi) is 6.42. The molecular formula is C24H28N4O2. The first kappa shape index (κ1) is 20.1. The first-order chi connectivity index (χ1) is 14.7. The summed E-state index contributed by atoms with van der Waals surface area (Å²) < 4.78 is 7.73. The Balaban J connectivity index is 1.38. The average Bonchev–Trinajstić information content (AvgIpc) is 3.29. The summed E-state index contributed by atoms with van der Waals surface area (Å²) >= 11 is 0. The van der Waals surface area contributed by atoms with Crippen LogP contribution in [0, 0.1) is 0 Å². The van der Waals surface area contributed by atoms with Gasteiger partial charge in [0.05, 0.1) is 13.0 Å². The van der Waals surface area contributed by atoms with Crippen LogP contribution < -0.4 is 4.74 Å². The summed E-state index contributed by atoms with van der Waals surface area (Å²) in [5.74, 6) is 3.09. The second kappa shape index (κ2) is 9.57. The van der Waals surface area contributed by atoms with Gasteiger partial charge in [0.15, 0.2) is 0 Å². The van der Waals surface area contributed by atoms with E-state index in [9.17, 15) is 4.79 Å². The lowest BCUT2D eigenvalue weighted by molar-refractivity contribution is -0.132. The molecule has 1 unspecified atom stereocenters. The number of hydrogen-bond acceptors (Lipinski definition) is 4. The van der Waals surface area contributed by atoms with Crippen LogP contribution in [0.25, 0.3) is 5.82 Å². The Hall–Kier alpha value is -3.15. The van der Waals surface area contributed by atoms with E-state index in [0.717, 1.165) is 48.9 Å². The lowest BCUT2D eigenvalue weighted by atomic mass is 9.94. The molecule has 1 aliphatic rings. The largest absolute Gasteiger partial charge is 0.493 e. The predicted molar refractivity (Wildman–Crippen MR) is 116 cm³/mol. The summed E-state index contributed by atoms with van der Waals surface area (Å²) in [6.07, 6.45) is 7.05. The van der Waals surface area contributed by atoms with Crippen LogP contribution in [0.4, 0.5) is 0 Å². The molecule has 6 nitrogen and oxygen atoms in total. The van der Waals surface area contributed by atoms with Gasteiger partial charge in [-0.2, -0.15) is 0 Å². The zero-order valence-corrected chi connectivity index (χ0v) is 17.4. The minimum absolute atomic E-state index is 0.148. The maximum atomic E-state index is 12.7. The van der Waals surface area contributed by atoms with Gasteiger partial charge in [-0.25, -0.2) is 9.97 Å². The fourth-order valence-electron chi connectivity index (χ4n) is 3.98. The van der Waals surface area contributed by atoms with Crippen LogP contribution >= 0.6 is 0 Å². The van der Waals surface area contributed by atoms with E-state index >= 15 is 0 Å². The van der Waals surface area contributed by atoms with E-state index in [1.165, 1.54) is 0 Å². The van der Waals surface area contributed by atoms with Crippen molar-refractivity contribution in [2.75, 3.05) is 19.7 Å². The maximum Gasteiger partial charge on any atom is 0.226 e. The van der Waals surface area contributed by atoms with Crippen molar-refractivity contribution in [2.45, 2.75) is 38.5 Å². The molecule has 1 aromatic carbocycles. The summed E-state index contributed by atoms with van der Waals surface area (Å²) in [5.41, 5.74) is 1.04. The fraction of sp³-hybridized carbons (Fsp3) is 0.375. The minimum atomic E-state index is 0.148. The van der Waals surface area contributed by atoms with Crippen LogP contribution in [0.3, 0.4) is 0 Å². The molecule has 0 spiro atoms. The van der Waals surface area contributed by atoms with Crippen molar-refractivity contribution in [1.29, 1.82) is 0 Å². The molecule has 1 aliphatic heterocycles. The van der Waals surface area contributed by atoms with E-state index in [4.69, 9.17) is 9.72 Å². The normalized spacial score (nSPS) is 16.4. The number of hydrogen-bond donors (Lipinski definition) is 0. The van der Waals surface area contributed by atoms with Crippen molar-refractivity contribution in [1.82, 2.24) is 19.4 Å². The SMILES string of the molecule is CCc1nccn1-c1cccc(C2CCCN(C(=O)CCOc3ccccc3)C2)n1. The molecule has 2 aromatic heterocycles. The Morgan fingerprint density at radius 1 is 1.17 bits per heavy atom. The molecule has 1 amide bonds. The maximum absolute atomic E-state index is 12.7. The number of carbonyl (C=O) groups is 1. The molecule has 0 saturated carbocycles. The van der Waals surface area contributed by atoms with Gasteiger partial charge >= 0.3 is 0 Å². The molecule has 4 rings (SSSR count). The van der Waals surface area contributed by atoms with E-state index in [1.54, 1.807) is 0 Å². The monoisotopic (exact) mass is 404 g/mol. The number of carbonyl (C=O) groups excluding carboxylic acids is 1. The number of ether oxygens (including phenoxy) is 1. The van der Waals surface area contributed by atoms with Gasteiger partial charge in [-0.3, -0.25) is 9.36 Å². The third-order valence-corrected chi connectivity index (χ3v) is 5.56. The quantitative estimate of drug-likeness (QED) is 0.597. The number of piperidine rings is 1. The molecule has 0 N–H and O–H groups in total. The van der Waals surface area contributed by atoms with Gasteiger partial charge in [-0.05, 0) is 37.1 Å². The van der Waals surface area contributed by atoms with Gasteiger partial charge in [-0.15, -0.1) is 0 Å². The number of amides is 1. The molecular weight excluding hydrogens is 376 g/mol. The van der Waals surface area contributed by atoms with Crippen LogP contribution in [0.15, 0.2) is 60.9 Å². The van der Waals surface area contributed by atoms with Crippen LogP contribution in [-0.2, 0) is 11.2 Å². The van der Waals surface area contributed by atoms with Crippen molar-refractivity contribution < 1.29 is 9.53 Å². The summed E-state index contributed by atoms with van der Waals surface area (Å²) in [6.45, 7) is 4.01. The lowest BCUT2D eigenvalue weighted by Crippen LogP contribution is -2.39. The standard InChI is InChI=1S/C24H28N4O2/c1-2-22-25-14-16-28(22)23-12-6-11-21(26-23)19-8-7-15-27(18-19)24(29)13-17-30-20-9-4-3-5-10-20/h3-6,9-12,14,16,19H,2,7-8,13,15,17-18H2,1H3. The van der Waals surface area contributed by atoms with Crippen LogP contribution in [0.1, 0.15) is 43.6 Å². The first-order valence-corrected chi connectivity index (χ1v) is 10.7. The summed E-state index contributed by atoms with van der Waals surface area (Å²) in [4.78, 5) is 24.0. The van der Waals surface area contributed by atoms with Gasteiger partial charge in [0.2, 0.25) is 5.91 Å². The molecule has 0 radical (unpaired) electrons. The first-order valence-electron chi connectivity index (χ1n) is 10.7. The highest BCUT2D eigenvalue weighted by Crippen LogP contribution is 2.27. The smallest absolute Gasteiger partial charge is 0.226 e. The molecule has 6 heteroatoms. The third kappa shape index (κ3) is 4.70. The molecule has 0 aliphatic carbocycles. The number of aromatic nitrogens is 3. The predicted octanol–water partition coefficient (Wildman–Crippen LogP) is 4.00. The number of nitrogens with zero attached hydrogens (tertiary/aromatic N) is 4. The van der Waals surface area contributed by atoms with Gasteiger partial charge < -0.3 is 9.64 Å². The third-order valence-electron chi connectivity index (χ3n) is 5.56. The minimum Gasteiger partial charge on any atom is -0.493 e. The molecule has 3 heterocycles. The van der Waals surface area contributed by atoms with E-state index in [2.05, 4.69) is 18.0 Å². The highest BCUT2D eigenvalue weighted by molar-refractivity contribution is 5.76. The van der Waals surface area contributed by atoms with Gasteiger partial charge in [-0.1, -0.05) is 31.2 Å². The van der Waals surface area contributed by atoms with E-state index in [0.29, 0.717) is 19.6 Å². The number of imidazole rings is 1. The van der Waals surface area contributed by atoms with Gasteiger partial charge in [0, 0.05) is 43.5 Å². The Labute approximate surface area is 177 Å². The average molecular weight is 405 g/mol. The lowest BCUT2D eigenvalue weighted by Gasteiger charge is -2.32. The topological polar surface area (TPSA) is 60.2 Å². The molecule has 30 heavy (non-hydrogen) atoms. The number of para-hydroxylation sites is 1. The van der Waals surface area contributed by atoms with Crippen molar-refractivity contribution >= 4 is 5.91 Å². The van der Waals surface area contributed by atoms with Gasteiger partial charge in [0.25, 0.3) is 0 Å². The van der Waals surface area contributed by atoms with Gasteiger partial charge in [0.1, 0.15) is 17.4 Å². The Morgan fingerprint density at radius 2 is 2.03 bits per heavy atom. The Morgan fingerprint density at radius 3 is 2.87 bits per heavy atom. The Bertz CT molecular complexity index is 970. The van der Waals surface area contributed by atoms with Crippen LogP contribution in [0.5, 0.6) is 5.75 Å². The molecule has 0 bridgehead atoms. The molecule has 1 fully saturated rings. The van der Waals surface area contributed by atoms with E-state index in [-0.39, 0.29) is 11.8 Å². The molecule has 3 aromatic rings. The highest BCUT2D eigenvalue weighted by atomic mass is 16.5. The zero-order valence-electron chi connectivity index (χ0n) is 17.4. The summed E-state index contributed by atoms with van der Waals surface area (Å²) in [6, 6.07) is 15.8.